The van der Waals surface area contributed by atoms with E-state index in [0.717, 1.165) is 5.56 Å². The van der Waals surface area contributed by atoms with Gasteiger partial charge in [0.25, 0.3) is 5.91 Å². The van der Waals surface area contributed by atoms with Gasteiger partial charge in [-0.05, 0) is 13.0 Å². The van der Waals surface area contributed by atoms with Crippen LogP contribution in [0, 0.1) is 6.92 Å². The van der Waals surface area contributed by atoms with Gasteiger partial charge in [0.15, 0.2) is 5.76 Å². The van der Waals surface area contributed by atoms with Gasteiger partial charge in [-0.15, -0.1) is 11.6 Å². The van der Waals surface area contributed by atoms with Crippen molar-refractivity contribution in [2.45, 2.75) is 12.8 Å². The number of nitrogens with zero attached hydrogens (tertiary/aromatic N) is 1. The van der Waals surface area contributed by atoms with Crippen molar-refractivity contribution in [2.24, 2.45) is 0 Å². The molecule has 0 spiro atoms. The molecule has 2 amide bonds. The highest BCUT2D eigenvalue weighted by Crippen LogP contribution is 2.16. The predicted molar refractivity (Wildman–Crippen MR) is 72.7 cm³/mol. The quantitative estimate of drug-likeness (QED) is 0.839. The van der Waals surface area contributed by atoms with Gasteiger partial charge < -0.3 is 19.4 Å². The Kier molecular flexibility index (Phi) is 5.03. The first-order valence-corrected chi connectivity index (χ1v) is 6.94. The summed E-state index contributed by atoms with van der Waals surface area (Å²) >= 11 is 5.71. The molecule has 0 aliphatic carbocycles. The van der Waals surface area contributed by atoms with E-state index < -0.39 is 5.91 Å². The zero-order chi connectivity index (χ0) is 14.5. The van der Waals surface area contributed by atoms with Crippen LogP contribution in [0.5, 0.6) is 0 Å². The molecule has 0 saturated carbocycles. The molecule has 0 radical (unpaired) electrons. The van der Waals surface area contributed by atoms with Crippen molar-refractivity contribution >= 4 is 23.4 Å². The molecule has 6 nitrogen and oxygen atoms in total. The van der Waals surface area contributed by atoms with E-state index in [1.165, 1.54) is 0 Å². The average Bonchev–Trinajstić information content (AvgIpc) is 2.86. The van der Waals surface area contributed by atoms with Crippen LogP contribution < -0.4 is 5.32 Å². The van der Waals surface area contributed by atoms with Crippen LogP contribution in [0.2, 0.25) is 0 Å². The molecule has 7 heteroatoms. The van der Waals surface area contributed by atoms with E-state index in [0.29, 0.717) is 32.1 Å². The molecule has 0 bridgehead atoms. The van der Waals surface area contributed by atoms with Crippen LogP contribution >= 0.6 is 11.6 Å². The predicted octanol–water partition coefficient (Wildman–Crippen LogP) is 0.915. The molecule has 1 aromatic rings. The lowest BCUT2D eigenvalue weighted by Gasteiger charge is -2.26. The summed E-state index contributed by atoms with van der Waals surface area (Å²) in [7, 11) is 0. The number of aryl methyl sites for hydroxylation is 1. The highest BCUT2D eigenvalue weighted by atomic mass is 35.5. The third kappa shape index (κ3) is 3.52. The van der Waals surface area contributed by atoms with Gasteiger partial charge in [-0.3, -0.25) is 9.59 Å². The molecule has 1 aromatic heterocycles. The van der Waals surface area contributed by atoms with Crippen molar-refractivity contribution < 1.29 is 18.7 Å². The van der Waals surface area contributed by atoms with E-state index in [-0.39, 0.29) is 24.1 Å². The molecular weight excluding hydrogens is 284 g/mol. The fourth-order valence-electron chi connectivity index (χ4n) is 1.93. The molecule has 0 unspecified atom stereocenters. The molecule has 0 atom stereocenters. The van der Waals surface area contributed by atoms with Crippen molar-refractivity contribution in [1.29, 1.82) is 0 Å². The lowest BCUT2D eigenvalue weighted by atomic mass is 10.3. The zero-order valence-electron chi connectivity index (χ0n) is 11.3. The number of halogens is 1. The second-order valence-corrected chi connectivity index (χ2v) is 4.77. The van der Waals surface area contributed by atoms with E-state index in [4.69, 9.17) is 20.8 Å². The Morgan fingerprint density at radius 2 is 2.10 bits per heavy atom. The lowest BCUT2D eigenvalue weighted by molar-refractivity contribution is -0.134. The van der Waals surface area contributed by atoms with E-state index in [2.05, 4.69) is 5.32 Å². The van der Waals surface area contributed by atoms with Crippen molar-refractivity contribution in [3.05, 3.63) is 23.2 Å². The number of rotatable bonds is 4. The number of nitrogens with one attached hydrogen (secondary N) is 1. The molecule has 1 N–H and O–H groups in total. The van der Waals surface area contributed by atoms with Crippen molar-refractivity contribution in [1.82, 2.24) is 10.2 Å². The summed E-state index contributed by atoms with van der Waals surface area (Å²) in [5.41, 5.74) is 0.774. The number of furan rings is 1. The molecule has 1 aliphatic heterocycles. The number of hydrogen-bond donors (Lipinski definition) is 1. The Labute approximate surface area is 122 Å². The van der Waals surface area contributed by atoms with Crippen LogP contribution in [0.25, 0.3) is 0 Å². The molecule has 110 valence electrons. The SMILES string of the molecule is Cc1oc(C(=O)NCC(=O)N2CCOCC2)cc1CCl. The van der Waals surface area contributed by atoms with Crippen LogP contribution in [0.1, 0.15) is 21.9 Å². The summed E-state index contributed by atoms with van der Waals surface area (Å²) in [6.45, 7) is 3.89. The number of morpholine rings is 1. The molecule has 1 saturated heterocycles. The second kappa shape index (κ2) is 6.76. The maximum atomic E-state index is 11.9. The third-order valence-electron chi connectivity index (χ3n) is 3.15. The van der Waals surface area contributed by atoms with Crippen molar-refractivity contribution in [3.63, 3.8) is 0 Å². The summed E-state index contributed by atoms with van der Waals surface area (Å²) in [5.74, 6) is 0.543. The Balaban J connectivity index is 1.86. The molecule has 1 aliphatic rings. The second-order valence-electron chi connectivity index (χ2n) is 4.50. The maximum absolute atomic E-state index is 11.9. The van der Waals surface area contributed by atoms with Crippen LogP contribution in [0.4, 0.5) is 0 Å². The first-order valence-electron chi connectivity index (χ1n) is 6.41. The normalized spacial score (nSPS) is 15.2. The standard InChI is InChI=1S/C13H17ClN2O4/c1-9-10(7-14)6-11(20-9)13(18)15-8-12(17)16-2-4-19-5-3-16/h6H,2-5,7-8H2,1H3,(H,15,18). The van der Waals surface area contributed by atoms with E-state index in [1.54, 1.807) is 17.9 Å². The summed E-state index contributed by atoms with van der Waals surface area (Å²) in [6.07, 6.45) is 0. The van der Waals surface area contributed by atoms with E-state index in [1.807, 2.05) is 0 Å². The number of ether oxygens (including phenoxy) is 1. The number of carbonyl (C=O) groups excluding carboxylic acids is 2. The smallest absolute Gasteiger partial charge is 0.287 e. The Morgan fingerprint density at radius 3 is 2.70 bits per heavy atom. The summed E-state index contributed by atoms with van der Waals surface area (Å²) in [6, 6.07) is 1.59. The first kappa shape index (κ1) is 14.9. The van der Waals surface area contributed by atoms with Gasteiger partial charge >= 0.3 is 0 Å². The largest absolute Gasteiger partial charge is 0.456 e. The highest BCUT2D eigenvalue weighted by molar-refractivity contribution is 6.17. The average molecular weight is 301 g/mol. The van der Waals surface area contributed by atoms with Gasteiger partial charge in [0.1, 0.15) is 5.76 Å². The van der Waals surface area contributed by atoms with Crippen LogP contribution in [-0.2, 0) is 15.4 Å². The molecule has 2 heterocycles. The van der Waals surface area contributed by atoms with Crippen LogP contribution in [0.3, 0.4) is 0 Å². The molecule has 0 aromatic carbocycles. The van der Waals surface area contributed by atoms with E-state index >= 15 is 0 Å². The molecule has 20 heavy (non-hydrogen) atoms. The highest BCUT2D eigenvalue weighted by Gasteiger charge is 2.19. The summed E-state index contributed by atoms with van der Waals surface area (Å²) < 4.78 is 10.5. The Hall–Kier alpha value is -1.53. The zero-order valence-corrected chi connectivity index (χ0v) is 12.0. The van der Waals surface area contributed by atoms with Gasteiger partial charge in [-0.1, -0.05) is 0 Å². The van der Waals surface area contributed by atoms with Crippen LogP contribution in [0.15, 0.2) is 10.5 Å². The monoisotopic (exact) mass is 300 g/mol. The van der Waals surface area contributed by atoms with Gasteiger partial charge in [0.05, 0.1) is 25.6 Å². The minimum absolute atomic E-state index is 0.0468. The Morgan fingerprint density at radius 1 is 1.40 bits per heavy atom. The van der Waals surface area contributed by atoms with E-state index in [9.17, 15) is 9.59 Å². The lowest BCUT2D eigenvalue weighted by Crippen LogP contribution is -2.45. The van der Waals surface area contributed by atoms with Crippen LogP contribution in [-0.4, -0.2) is 49.6 Å². The molecule has 2 rings (SSSR count). The third-order valence-corrected chi connectivity index (χ3v) is 3.44. The number of amides is 2. The maximum Gasteiger partial charge on any atom is 0.287 e. The van der Waals surface area contributed by atoms with Gasteiger partial charge in [-0.25, -0.2) is 0 Å². The summed E-state index contributed by atoms with van der Waals surface area (Å²) in [5, 5.41) is 2.55. The fraction of sp³-hybridized carbons (Fsp3) is 0.538. The minimum atomic E-state index is -0.411. The number of hydrogen-bond acceptors (Lipinski definition) is 4. The number of carbonyl (C=O) groups is 2. The number of alkyl halides is 1. The molecular formula is C13H17ClN2O4. The van der Waals surface area contributed by atoms with Gasteiger partial charge in [0.2, 0.25) is 5.91 Å². The fourth-order valence-corrected chi connectivity index (χ4v) is 2.20. The topological polar surface area (TPSA) is 71.8 Å². The first-order chi connectivity index (χ1) is 9.61. The minimum Gasteiger partial charge on any atom is -0.456 e. The Bertz CT molecular complexity index is 495. The van der Waals surface area contributed by atoms with Gasteiger partial charge in [-0.2, -0.15) is 0 Å². The van der Waals surface area contributed by atoms with Crippen molar-refractivity contribution in [2.75, 3.05) is 32.8 Å². The van der Waals surface area contributed by atoms with Crippen molar-refractivity contribution in [3.8, 4) is 0 Å². The summed E-state index contributed by atoms with van der Waals surface area (Å²) in [4.78, 5) is 25.4. The molecule has 1 fully saturated rings. The van der Waals surface area contributed by atoms with Gasteiger partial charge in [0, 0.05) is 18.7 Å².